The number of anilines is 3. The van der Waals surface area contributed by atoms with E-state index in [4.69, 9.17) is 0 Å². The van der Waals surface area contributed by atoms with E-state index in [1.165, 1.54) is 18.3 Å². The Morgan fingerprint density at radius 3 is 2.59 bits per heavy atom. The van der Waals surface area contributed by atoms with Crippen LogP contribution in [0.15, 0.2) is 36.5 Å². The van der Waals surface area contributed by atoms with Gasteiger partial charge in [-0.2, -0.15) is 0 Å². The first-order chi connectivity index (χ1) is 10.6. The SMILES string of the molecule is O=C(Nc1ccc(Nc2ccc(F)cc2F)nc1)C1CCC1. The van der Waals surface area contributed by atoms with Crippen molar-refractivity contribution in [2.24, 2.45) is 5.92 Å². The summed E-state index contributed by atoms with van der Waals surface area (Å²) in [6.07, 6.45) is 4.47. The van der Waals surface area contributed by atoms with Crippen molar-refractivity contribution >= 4 is 23.1 Å². The predicted molar refractivity (Wildman–Crippen MR) is 79.8 cm³/mol. The number of benzene rings is 1. The zero-order valence-corrected chi connectivity index (χ0v) is 11.8. The largest absolute Gasteiger partial charge is 0.338 e. The van der Waals surface area contributed by atoms with Crippen LogP contribution in [0.5, 0.6) is 0 Å². The Bertz CT molecular complexity index is 684. The molecule has 0 radical (unpaired) electrons. The van der Waals surface area contributed by atoms with Gasteiger partial charge < -0.3 is 10.6 Å². The number of nitrogens with one attached hydrogen (secondary N) is 2. The molecule has 1 aliphatic carbocycles. The number of halogens is 2. The number of rotatable bonds is 4. The monoisotopic (exact) mass is 303 g/mol. The second-order valence-corrected chi connectivity index (χ2v) is 5.30. The summed E-state index contributed by atoms with van der Waals surface area (Å²) < 4.78 is 26.4. The van der Waals surface area contributed by atoms with Crippen LogP contribution in [0.4, 0.5) is 26.0 Å². The van der Waals surface area contributed by atoms with Crippen LogP contribution in [0, 0.1) is 17.6 Å². The molecule has 0 spiro atoms. The number of nitrogens with zero attached hydrogens (tertiary/aromatic N) is 1. The van der Waals surface area contributed by atoms with Crippen molar-refractivity contribution in [1.82, 2.24) is 4.98 Å². The van der Waals surface area contributed by atoms with Crippen molar-refractivity contribution < 1.29 is 13.6 Å². The van der Waals surface area contributed by atoms with E-state index in [-0.39, 0.29) is 17.5 Å². The van der Waals surface area contributed by atoms with Gasteiger partial charge >= 0.3 is 0 Å². The quantitative estimate of drug-likeness (QED) is 0.902. The van der Waals surface area contributed by atoms with E-state index in [9.17, 15) is 13.6 Å². The second kappa shape index (κ2) is 6.09. The summed E-state index contributed by atoms with van der Waals surface area (Å²) in [5, 5.41) is 5.56. The first-order valence-electron chi connectivity index (χ1n) is 7.11. The number of aromatic nitrogens is 1. The van der Waals surface area contributed by atoms with Crippen molar-refractivity contribution in [3.05, 3.63) is 48.2 Å². The molecule has 0 atom stereocenters. The Morgan fingerprint density at radius 1 is 1.18 bits per heavy atom. The molecule has 4 nitrogen and oxygen atoms in total. The van der Waals surface area contributed by atoms with Gasteiger partial charge in [0.25, 0.3) is 0 Å². The van der Waals surface area contributed by atoms with Gasteiger partial charge in [-0.25, -0.2) is 13.8 Å². The molecule has 1 aromatic carbocycles. The van der Waals surface area contributed by atoms with E-state index >= 15 is 0 Å². The van der Waals surface area contributed by atoms with Gasteiger partial charge in [-0.3, -0.25) is 4.79 Å². The smallest absolute Gasteiger partial charge is 0.227 e. The molecule has 0 aliphatic heterocycles. The van der Waals surface area contributed by atoms with Crippen LogP contribution < -0.4 is 10.6 Å². The first kappa shape index (κ1) is 14.4. The third-order valence-corrected chi connectivity index (χ3v) is 3.70. The highest BCUT2D eigenvalue weighted by atomic mass is 19.1. The van der Waals surface area contributed by atoms with Crippen LogP contribution >= 0.6 is 0 Å². The van der Waals surface area contributed by atoms with Crippen LogP contribution in [-0.2, 0) is 4.79 Å². The summed E-state index contributed by atoms with van der Waals surface area (Å²) in [6.45, 7) is 0. The average Bonchev–Trinajstić information content (AvgIpc) is 2.42. The number of carbonyl (C=O) groups is 1. The number of hydrogen-bond acceptors (Lipinski definition) is 3. The van der Waals surface area contributed by atoms with Crippen LogP contribution in [0.1, 0.15) is 19.3 Å². The van der Waals surface area contributed by atoms with Crippen LogP contribution in [0.25, 0.3) is 0 Å². The summed E-state index contributed by atoms with van der Waals surface area (Å²) in [5.41, 5.74) is 0.738. The lowest BCUT2D eigenvalue weighted by Gasteiger charge is -2.23. The standard InChI is InChI=1S/C16H15F2N3O/c17-11-4-6-14(13(18)8-11)21-15-7-5-12(9-19-15)20-16(22)10-2-1-3-10/h4-10H,1-3H2,(H,19,21)(H,20,22). The molecule has 114 valence electrons. The minimum atomic E-state index is -0.691. The molecule has 22 heavy (non-hydrogen) atoms. The third kappa shape index (κ3) is 3.21. The molecule has 1 aliphatic rings. The number of carbonyl (C=O) groups excluding carboxylic acids is 1. The zero-order valence-electron chi connectivity index (χ0n) is 11.8. The van der Waals surface area contributed by atoms with Crippen molar-refractivity contribution in [2.75, 3.05) is 10.6 Å². The topological polar surface area (TPSA) is 54.0 Å². The van der Waals surface area contributed by atoms with Gasteiger partial charge in [0.2, 0.25) is 5.91 Å². The minimum Gasteiger partial charge on any atom is -0.338 e. The van der Waals surface area contributed by atoms with Gasteiger partial charge in [0.1, 0.15) is 17.5 Å². The second-order valence-electron chi connectivity index (χ2n) is 5.30. The predicted octanol–water partition coefficient (Wildman–Crippen LogP) is 3.84. The molecule has 3 rings (SSSR count). The fourth-order valence-electron chi connectivity index (χ4n) is 2.19. The van der Waals surface area contributed by atoms with Gasteiger partial charge in [-0.1, -0.05) is 6.42 Å². The van der Waals surface area contributed by atoms with Crippen LogP contribution in [0.3, 0.4) is 0 Å². The molecule has 1 heterocycles. The molecule has 1 fully saturated rings. The molecule has 1 saturated carbocycles. The molecule has 0 bridgehead atoms. The molecular formula is C16H15F2N3O. The molecule has 2 N–H and O–H groups in total. The maximum atomic E-state index is 13.5. The molecule has 1 aromatic heterocycles. The Balaban J connectivity index is 1.64. The van der Waals surface area contributed by atoms with E-state index in [1.807, 2.05) is 0 Å². The fourth-order valence-corrected chi connectivity index (χ4v) is 2.19. The molecule has 0 unspecified atom stereocenters. The van der Waals surface area contributed by atoms with Gasteiger partial charge in [-0.15, -0.1) is 0 Å². The fraction of sp³-hybridized carbons (Fsp3) is 0.250. The van der Waals surface area contributed by atoms with Crippen molar-refractivity contribution in [1.29, 1.82) is 0 Å². The summed E-state index contributed by atoms with van der Waals surface area (Å²) in [5.74, 6) is -0.800. The molecule has 6 heteroatoms. The Labute approximate surface area is 126 Å². The molecule has 0 saturated heterocycles. The number of amides is 1. The number of hydrogen-bond donors (Lipinski definition) is 2. The summed E-state index contributed by atoms with van der Waals surface area (Å²) in [4.78, 5) is 15.9. The maximum absolute atomic E-state index is 13.5. The Morgan fingerprint density at radius 2 is 2.00 bits per heavy atom. The van der Waals surface area contributed by atoms with E-state index in [1.54, 1.807) is 12.1 Å². The van der Waals surface area contributed by atoms with Crippen LogP contribution in [0.2, 0.25) is 0 Å². The number of pyridine rings is 1. The summed E-state index contributed by atoms with van der Waals surface area (Å²) >= 11 is 0. The summed E-state index contributed by atoms with van der Waals surface area (Å²) in [7, 11) is 0. The zero-order chi connectivity index (χ0) is 15.5. The van der Waals surface area contributed by atoms with Crippen LogP contribution in [-0.4, -0.2) is 10.9 Å². The van der Waals surface area contributed by atoms with Crippen molar-refractivity contribution in [3.63, 3.8) is 0 Å². The highest BCUT2D eigenvalue weighted by molar-refractivity contribution is 5.92. The van der Waals surface area contributed by atoms with Gasteiger partial charge in [0.05, 0.1) is 17.6 Å². The van der Waals surface area contributed by atoms with Gasteiger partial charge in [0.15, 0.2) is 0 Å². The van der Waals surface area contributed by atoms with E-state index in [2.05, 4.69) is 15.6 Å². The lowest BCUT2D eigenvalue weighted by atomic mass is 9.85. The molecular weight excluding hydrogens is 288 g/mol. The molecule has 2 aromatic rings. The van der Waals surface area contributed by atoms with Gasteiger partial charge in [0, 0.05) is 12.0 Å². The molecule has 1 amide bonds. The highest BCUT2D eigenvalue weighted by Gasteiger charge is 2.25. The van der Waals surface area contributed by atoms with E-state index in [0.717, 1.165) is 25.3 Å². The third-order valence-electron chi connectivity index (χ3n) is 3.70. The minimum absolute atomic E-state index is 0.0124. The average molecular weight is 303 g/mol. The normalized spacial score (nSPS) is 14.3. The van der Waals surface area contributed by atoms with E-state index < -0.39 is 11.6 Å². The lowest BCUT2D eigenvalue weighted by Crippen LogP contribution is -2.28. The summed E-state index contributed by atoms with van der Waals surface area (Å²) in [6, 6.07) is 6.58. The first-order valence-corrected chi connectivity index (χ1v) is 7.11. The maximum Gasteiger partial charge on any atom is 0.227 e. The Hall–Kier alpha value is -2.50. The van der Waals surface area contributed by atoms with Gasteiger partial charge in [-0.05, 0) is 37.1 Å². The van der Waals surface area contributed by atoms with Crippen molar-refractivity contribution in [2.45, 2.75) is 19.3 Å². The Kier molecular flexibility index (Phi) is 4.00. The lowest BCUT2D eigenvalue weighted by molar-refractivity contribution is -0.122. The van der Waals surface area contributed by atoms with E-state index in [0.29, 0.717) is 11.5 Å². The highest BCUT2D eigenvalue weighted by Crippen LogP contribution is 2.27. The van der Waals surface area contributed by atoms with Crippen molar-refractivity contribution in [3.8, 4) is 0 Å².